The first kappa shape index (κ1) is 12.1. The summed E-state index contributed by atoms with van der Waals surface area (Å²) in [4.78, 5) is 28.1. The Bertz CT molecular complexity index is 654. The third kappa shape index (κ3) is 2.67. The Kier molecular flexibility index (Phi) is 3.29. The number of aromatic nitrogens is 2. The molecule has 1 aromatic heterocycles. The van der Waals surface area contributed by atoms with Gasteiger partial charge < -0.3 is 15.4 Å². The molecule has 0 radical (unpaired) electrons. The predicted molar refractivity (Wildman–Crippen MR) is 66.6 cm³/mol. The first-order valence-corrected chi connectivity index (χ1v) is 5.28. The highest BCUT2D eigenvalue weighted by Gasteiger charge is 2.07. The van der Waals surface area contributed by atoms with Gasteiger partial charge in [-0.25, -0.2) is 9.78 Å². The molecule has 0 aliphatic carbocycles. The van der Waals surface area contributed by atoms with E-state index in [1.54, 1.807) is 0 Å². The Hall–Kier alpha value is -2.34. The van der Waals surface area contributed by atoms with Gasteiger partial charge in [-0.05, 0) is 18.2 Å². The SMILES string of the molecule is O=C(O)c1ccc(Nc2cc(=O)[nH]cn2)c(Cl)c1. The van der Waals surface area contributed by atoms with Crippen LogP contribution in [0, 0.1) is 0 Å². The van der Waals surface area contributed by atoms with E-state index in [9.17, 15) is 9.59 Å². The quantitative estimate of drug-likeness (QED) is 0.787. The lowest BCUT2D eigenvalue weighted by Gasteiger charge is -2.07. The summed E-state index contributed by atoms with van der Waals surface area (Å²) in [5, 5.41) is 11.8. The zero-order valence-electron chi connectivity index (χ0n) is 8.98. The molecule has 0 unspecified atom stereocenters. The van der Waals surface area contributed by atoms with Gasteiger partial charge in [0.15, 0.2) is 0 Å². The summed E-state index contributed by atoms with van der Waals surface area (Å²) in [5.41, 5.74) is 0.259. The van der Waals surface area contributed by atoms with E-state index < -0.39 is 5.97 Å². The van der Waals surface area contributed by atoms with E-state index in [0.717, 1.165) is 0 Å². The molecule has 18 heavy (non-hydrogen) atoms. The van der Waals surface area contributed by atoms with E-state index in [1.165, 1.54) is 30.6 Å². The third-order valence-corrected chi connectivity index (χ3v) is 2.47. The molecule has 0 aliphatic heterocycles. The standard InChI is InChI=1S/C11H8ClN3O3/c12-7-3-6(11(17)18)1-2-8(7)15-9-4-10(16)14-5-13-9/h1-5H,(H,17,18)(H2,13,14,15,16). The third-order valence-electron chi connectivity index (χ3n) is 2.16. The topological polar surface area (TPSA) is 95.1 Å². The zero-order chi connectivity index (χ0) is 13.1. The van der Waals surface area contributed by atoms with Crippen LogP contribution in [0.1, 0.15) is 10.4 Å². The van der Waals surface area contributed by atoms with E-state index in [2.05, 4.69) is 15.3 Å². The highest BCUT2D eigenvalue weighted by atomic mass is 35.5. The van der Waals surface area contributed by atoms with E-state index in [1.807, 2.05) is 0 Å². The van der Waals surface area contributed by atoms with Crippen LogP contribution in [-0.4, -0.2) is 21.0 Å². The lowest BCUT2D eigenvalue weighted by atomic mass is 10.2. The minimum absolute atomic E-state index is 0.0874. The molecule has 0 aliphatic rings. The molecule has 3 N–H and O–H groups in total. The van der Waals surface area contributed by atoms with Gasteiger partial charge in [-0.15, -0.1) is 0 Å². The average Bonchev–Trinajstić information content (AvgIpc) is 2.31. The Morgan fingerprint density at radius 3 is 2.78 bits per heavy atom. The lowest BCUT2D eigenvalue weighted by Crippen LogP contribution is -2.06. The molecule has 1 heterocycles. The van der Waals surface area contributed by atoms with Gasteiger partial charge in [0.25, 0.3) is 5.56 Å². The van der Waals surface area contributed by atoms with Crippen LogP contribution in [-0.2, 0) is 0 Å². The van der Waals surface area contributed by atoms with Gasteiger partial charge >= 0.3 is 5.97 Å². The van der Waals surface area contributed by atoms with Crippen molar-refractivity contribution in [3.8, 4) is 0 Å². The predicted octanol–water partition coefficient (Wildman–Crippen LogP) is 1.87. The van der Waals surface area contributed by atoms with Crippen molar-refractivity contribution >= 4 is 29.1 Å². The van der Waals surface area contributed by atoms with Gasteiger partial charge in [0.1, 0.15) is 5.82 Å². The molecule has 0 amide bonds. The molecule has 0 saturated heterocycles. The number of hydrogen-bond acceptors (Lipinski definition) is 4. The fraction of sp³-hybridized carbons (Fsp3) is 0. The maximum absolute atomic E-state index is 11.1. The van der Waals surface area contributed by atoms with Gasteiger partial charge in [-0.1, -0.05) is 11.6 Å². The maximum atomic E-state index is 11.1. The fourth-order valence-electron chi connectivity index (χ4n) is 1.32. The fourth-order valence-corrected chi connectivity index (χ4v) is 1.55. The first-order chi connectivity index (χ1) is 8.56. The van der Waals surface area contributed by atoms with Gasteiger partial charge in [0.05, 0.1) is 22.6 Å². The molecule has 0 bridgehead atoms. The van der Waals surface area contributed by atoms with Crippen LogP contribution in [0.2, 0.25) is 5.02 Å². The highest BCUT2D eigenvalue weighted by Crippen LogP contribution is 2.25. The van der Waals surface area contributed by atoms with Crippen LogP contribution in [0.3, 0.4) is 0 Å². The van der Waals surface area contributed by atoms with Crippen molar-refractivity contribution in [2.45, 2.75) is 0 Å². The van der Waals surface area contributed by atoms with E-state index in [-0.39, 0.29) is 16.1 Å². The number of halogens is 1. The van der Waals surface area contributed by atoms with Crippen molar-refractivity contribution in [2.24, 2.45) is 0 Å². The molecular weight excluding hydrogens is 258 g/mol. The summed E-state index contributed by atoms with van der Waals surface area (Å²) < 4.78 is 0. The summed E-state index contributed by atoms with van der Waals surface area (Å²) in [6, 6.07) is 5.50. The number of aromatic carboxylic acids is 1. The second kappa shape index (κ2) is 4.89. The number of benzene rings is 1. The molecule has 0 fully saturated rings. The zero-order valence-corrected chi connectivity index (χ0v) is 9.73. The summed E-state index contributed by atoms with van der Waals surface area (Å²) in [6.45, 7) is 0. The van der Waals surface area contributed by atoms with Crippen molar-refractivity contribution in [3.63, 3.8) is 0 Å². The minimum Gasteiger partial charge on any atom is -0.478 e. The molecule has 92 valence electrons. The van der Waals surface area contributed by atoms with Crippen molar-refractivity contribution < 1.29 is 9.90 Å². The number of carboxylic acids is 1. The van der Waals surface area contributed by atoms with Crippen LogP contribution in [0.5, 0.6) is 0 Å². The number of hydrogen-bond donors (Lipinski definition) is 3. The van der Waals surface area contributed by atoms with Gasteiger partial charge in [-0.3, -0.25) is 4.79 Å². The summed E-state index contributed by atoms with van der Waals surface area (Å²) >= 11 is 5.92. The molecule has 0 atom stereocenters. The normalized spacial score (nSPS) is 10.1. The lowest BCUT2D eigenvalue weighted by molar-refractivity contribution is 0.0697. The van der Waals surface area contributed by atoms with Crippen LogP contribution in [0.25, 0.3) is 0 Å². The Morgan fingerprint density at radius 2 is 2.17 bits per heavy atom. The van der Waals surface area contributed by atoms with Crippen molar-refractivity contribution in [1.82, 2.24) is 9.97 Å². The Balaban J connectivity index is 2.30. The maximum Gasteiger partial charge on any atom is 0.335 e. The van der Waals surface area contributed by atoms with E-state index in [0.29, 0.717) is 11.5 Å². The molecule has 6 nitrogen and oxygen atoms in total. The molecule has 0 spiro atoms. The number of carbonyl (C=O) groups is 1. The van der Waals surface area contributed by atoms with Crippen LogP contribution in [0.4, 0.5) is 11.5 Å². The number of aromatic amines is 1. The number of nitrogens with one attached hydrogen (secondary N) is 2. The summed E-state index contributed by atoms with van der Waals surface area (Å²) in [7, 11) is 0. The molecule has 0 saturated carbocycles. The monoisotopic (exact) mass is 265 g/mol. The van der Waals surface area contributed by atoms with Gasteiger partial charge in [0, 0.05) is 6.07 Å². The molecular formula is C11H8ClN3O3. The number of nitrogens with zero attached hydrogens (tertiary/aromatic N) is 1. The Labute approximate surface area is 106 Å². The van der Waals surface area contributed by atoms with E-state index >= 15 is 0 Å². The molecule has 2 rings (SSSR count). The van der Waals surface area contributed by atoms with Crippen molar-refractivity contribution in [1.29, 1.82) is 0 Å². The number of rotatable bonds is 3. The first-order valence-electron chi connectivity index (χ1n) is 4.91. The van der Waals surface area contributed by atoms with Crippen LogP contribution < -0.4 is 10.9 Å². The van der Waals surface area contributed by atoms with E-state index in [4.69, 9.17) is 16.7 Å². The minimum atomic E-state index is -1.06. The van der Waals surface area contributed by atoms with Gasteiger partial charge in [0.2, 0.25) is 0 Å². The number of carboxylic acid groups (broad SMARTS) is 1. The largest absolute Gasteiger partial charge is 0.478 e. The molecule has 7 heteroatoms. The molecule has 1 aromatic carbocycles. The second-order valence-electron chi connectivity index (χ2n) is 3.42. The highest BCUT2D eigenvalue weighted by molar-refractivity contribution is 6.33. The Morgan fingerprint density at radius 1 is 1.39 bits per heavy atom. The molecule has 2 aromatic rings. The van der Waals surface area contributed by atoms with Crippen molar-refractivity contribution in [3.05, 3.63) is 51.5 Å². The van der Waals surface area contributed by atoms with Crippen LogP contribution in [0.15, 0.2) is 35.4 Å². The number of anilines is 2. The smallest absolute Gasteiger partial charge is 0.335 e. The average molecular weight is 266 g/mol. The van der Waals surface area contributed by atoms with Crippen LogP contribution >= 0.6 is 11.6 Å². The van der Waals surface area contributed by atoms with Crippen molar-refractivity contribution in [2.75, 3.05) is 5.32 Å². The van der Waals surface area contributed by atoms with Gasteiger partial charge in [-0.2, -0.15) is 0 Å². The number of H-pyrrole nitrogens is 1. The summed E-state index contributed by atoms with van der Waals surface area (Å²) in [6.07, 6.45) is 1.25. The second-order valence-corrected chi connectivity index (χ2v) is 3.83. The summed E-state index contributed by atoms with van der Waals surface area (Å²) in [5.74, 6) is -0.735.